The summed E-state index contributed by atoms with van der Waals surface area (Å²) < 4.78 is 4.56. The maximum absolute atomic E-state index is 11.2. The lowest BCUT2D eigenvalue weighted by atomic mass is 10.2. The Morgan fingerprint density at radius 1 is 1.62 bits per heavy atom. The second-order valence-corrected chi connectivity index (χ2v) is 2.39. The van der Waals surface area contributed by atoms with Gasteiger partial charge in [0.2, 0.25) is 0 Å². The quantitative estimate of drug-likeness (QED) is 0.649. The topological polar surface area (TPSA) is 77.2 Å². The summed E-state index contributed by atoms with van der Waals surface area (Å²) in [4.78, 5) is 15.0. The van der Waals surface area contributed by atoms with Crippen molar-refractivity contribution in [1.29, 1.82) is 0 Å². The Labute approximate surface area is 75.9 Å². The zero-order valence-corrected chi connectivity index (χ0v) is 7.50. The number of aromatic nitrogens is 1. The van der Waals surface area contributed by atoms with Crippen LogP contribution >= 0.6 is 0 Å². The fraction of sp³-hybridized carbons (Fsp3) is 0.250. The molecule has 0 saturated carbocycles. The highest BCUT2D eigenvalue weighted by molar-refractivity contribution is 5.98. The highest BCUT2D eigenvalue weighted by Gasteiger charge is 2.13. The standard InChI is InChI=1S/C8H11N3O2/c1-10-7-5(8(12)13-2)3-11-4-6(7)9/h3-4H,9H2,1-2H3,(H,10,11). The molecule has 0 amide bonds. The molecular formula is C8H11N3O2. The van der Waals surface area contributed by atoms with Gasteiger partial charge in [0.15, 0.2) is 0 Å². The number of nitrogen functional groups attached to an aromatic ring is 1. The molecule has 5 heteroatoms. The Morgan fingerprint density at radius 3 is 2.85 bits per heavy atom. The van der Waals surface area contributed by atoms with Crippen LogP contribution < -0.4 is 11.1 Å². The third-order valence-electron chi connectivity index (χ3n) is 1.63. The smallest absolute Gasteiger partial charge is 0.341 e. The first-order valence-electron chi connectivity index (χ1n) is 3.70. The highest BCUT2D eigenvalue weighted by atomic mass is 16.5. The van der Waals surface area contributed by atoms with Crippen LogP contribution in [0.1, 0.15) is 10.4 Å². The number of nitrogens with two attached hydrogens (primary N) is 1. The molecule has 0 fully saturated rings. The third kappa shape index (κ3) is 1.69. The molecule has 13 heavy (non-hydrogen) atoms. The predicted octanol–water partition coefficient (Wildman–Crippen LogP) is 0.492. The molecule has 0 saturated heterocycles. The summed E-state index contributed by atoms with van der Waals surface area (Å²) in [6, 6.07) is 0. The summed E-state index contributed by atoms with van der Waals surface area (Å²) in [5, 5.41) is 2.81. The summed E-state index contributed by atoms with van der Waals surface area (Å²) >= 11 is 0. The van der Waals surface area contributed by atoms with Gasteiger partial charge in [0.25, 0.3) is 0 Å². The van der Waals surface area contributed by atoms with Crippen molar-refractivity contribution in [3.63, 3.8) is 0 Å². The molecule has 0 bridgehead atoms. The van der Waals surface area contributed by atoms with E-state index < -0.39 is 5.97 Å². The summed E-state index contributed by atoms with van der Waals surface area (Å²) in [5.41, 5.74) is 6.89. The van der Waals surface area contributed by atoms with Crippen molar-refractivity contribution in [3.8, 4) is 0 Å². The first-order chi connectivity index (χ1) is 6.20. The monoisotopic (exact) mass is 181 g/mol. The fourth-order valence-corrected chi connectivity index (χ4v) is 1.02. The summed E-state index contributed by atoms with van der Waals surface area (Å²) in [5.74, 6) is -0.454. The Morgan fingerprint density at radius 2 is 2.31 bits per heavy atom. The average molecular weight is 181 g/mol. The van der Waals surface area contributed by atoms with E-state index in [1.807, 2.05) is 0 Å². The normalized spacial score (nSPS) is 9.38. The second-order valence-electron chi connectivity index (χ2n) is 2.39. The van der Waals surface area contributed by atoms with Gasteiger partial charge in [-0.25, -0.2) is 4.79 Å². The van der Waals surface area contributed by atoms with Crippen molar-refractivity contribution < 1.29 is 9.53 Å². The molecule has 1 heterocycles. The largest absolute Gasteiger partial charge is 0.465 e. The first kappa shape index (κ1) is 9.31. The maximum Gasteiger partial charge on any atom is 0.341 e. The molecule has 70 valence electrons. The zero-order chi connectivity index (χ0) is 9.84. The van der Waals surface area contributed by atoms with Gasteiger partial charge >= 0.3 is 5.97 Å². The fourth-order valence-electron chi connectivity index (χ4n) is 1.02. The Kier molecular flexibility index (Phi) is 2.69. The molecule has 1 aromatic heterocycles. The van der Waals surface area contributed by atoms with Gasteiger partial charge < -0.3 is 15.8 Å². The molecular weight excluding hydrogens is 170 g/mol. The van der Waals surface area contributed by atoms with E-state index >= 15 is 0 Å². The van der Waals surface area contributed by atoms with E-state index in [9.17, 15) is 4.79 Å². The molecule has 0 spiro atoms. The lowest BCUT2D eigenvalue weighted by molar-refractivity contribution is 0.0601. The van der Waals surface area contributed by atoms with Crippen LogP contribution in [0.3, 0.4) is 0 Å². The van der Waals surface area contributed by atoms with E-state index in [1.165, 1.54) is 19.5 Å². The van der Waals surface area contributed by atoms with Gasteiger partial charge in [0, 0.05) is 13.2 Å². The van der Waals surface area contributed by atoms with E-state index in [-0.39, 0.29) is 0 Å². The number of carbonyl (C=O) groups excluding carboxylic acids is 1. The minimum absolute atomic E-state index is 0.338. The molecule has 5 nitrogen and oxygen atoms in total. The van der Waals surface area contributed by atoms with Crippen LogP contribution in [-0.2, 0) is 4.74 Å². The summed E-state index contributed by atoms with van der Waals surface area (Å²) in [7, 11) is 2.99. The van der Waals surface area contributed by atoms with Crippen molar-refractivity contribution in [2.24, 2.45) is 0 Å². The van der Waals surface area contributed by atoms with E-state index in [1.54, 1.807) is 7.05 Å². The van der Waals surface area contributed by atoms with E-state index in [4.69, 9.17) is 5.73 Å². The summed E-state index contributed by atoms with van der Waals surface area (Å²) in [6.45, 7) is 0. The number of anilines is 2. The number of hydrogen-bond donors (Lipinski definition) is 2. The number of carbonyl (C=O) groups is 1. The molecule has 0 atom stereocenters. The molecule has 1 rings (SSSR count). The van der Waals surface area contributed by atoms with Crippen LogP contribution in [0.5, 0.6) is 0 Å². The van der Waals surface area contributed by atoms with Crippen LogP contribution in [0.2, 0.25) is 0 Å². The van der Waals surface area contributed by atoms with Gasteiger partial charge in [-0.05, 0) is 0 Å². The average Bonchev–Trinajstić information content (AvgIpc) is 2.16. The molecule has 1 aromatic rings. The molecule has 0 unspecified atom stereocenters. The molecule has 0 aliphatic carbocycles. The lowest BCUT2D eigenvalue weighted by Gasteiger charge is -2.08. The van der Waals surface area contributed by atoms with Crippen LogP contribution in [0.4, 0.5) is 11.4 Å². The van der Waals surface area contributed by atoms with Crippen LogP contribution in [-0.4, -0.2) is 25.1 Å². The number of nitrogens with one attached hydrogen (secondary N) is 1. The minimum atomic E-state index is -0.454. The van der Waals surface area contributed by atoms with Crippen molar-refractivity contribution in [2.45, 2.75) is 0 Å². The number of rotatable bonds is 2. The third-order valence-corrected chi connectivity index (χ3v) is 1.63. The molecule has 3 N–H and O–H groups in total. The highest BCUT2D eigenvalue weighted by Crippen LogP contribution is 2.21. The van der Waals surface area contributed by atoms with Gasteiger partial charge in [-0.2, -0.15) is 0 Å². The second kappa shape index (κ2) is 3.75. The predicted molar refractivity (Wildman–Crippen MR) is 49.5 cm³/mol. The number of pyridine rings is 1. The van der Waals surface area contributed by atoms with Gasteiger partial charge in [0.1, 0.15) is 5.56 Å². The van der Waals surface area contributed by atoms with Gasteiger partial charge in [-0.1, -0.05) is 0 Å². The van der Waals surface area contributed by atoms with Crippen molar-refractivity contribution in [1.82, 2.24) is 4.98 Å². The maximum atomic E-state index is 11.2. The van der Waals surface area contributed by atoms with Gasteiger partial charge in [0.05, 0.1) is 24.7 Å². The van der Waals surface area contributed by atoms with Crippen LogP contribution in [0.15, 0.2) is 12.4 Å². The van der Waals surface area contributed by atoms with E-state index in [2.05, 4.69) is 15.0 Å². The Bertz CT molecular complexity index is 325. The number of hydrogen-bond acceptors (Lipinski definition) is 5. The van der Waals surface area contributed by atoms with E-state index in [0.717, 1.165) is 0 Å². The zero-order valence-electron chi connectivity index (χ0n) is 7.50. The van der Waals surface area contributed by atoms with Crippen molar-refractivity contribution in [3.05, 3.63) is 18.0 Å². The van der Waals surface area contributed by atoms with Crippen LogP contribution in [0, 0.1) is 0 Å². The lowest BCUT2D eigenvalue weighted by Crippen LogP contribution is -2.08. The number of esters is 1. The van der Waals surface area contributed by atoms with Crippen molar-refractivity contribution in [2.75, 3.05) is 25.2 Å². The SMILES string of the molecule is CNc1c(N)cncc1C(=O)OC. The Balaban J connectivity index is 3.20. The number of ether oxygens (including phenoxy) is 1. The molecule has 0 aromatic carbocycles. The molecule has 0 aliphatic heterocycles. The minimum Gasteiger partial charge on any atom is -0.465 e. The number of nitrogens with zero attached hydrogens (tertiary/aromatic N) is 1. The summed E-state index contributed by atoms with van der Waals surface area (Å²) in [6.07, 6.45) is 2.88. The van der Waals surface area contributed by atoms with E-state index in [0.29, 0.717) is 16.9 Å². The van der Waals surface area contributed by atoms with Crippen molar-refractivity contribution >= 4 is 17.3 Å². The first-order valence-corrected chi connectivity index (χ1v) is 3.70. The van der Waals surface area contributed by atoms with Crippen LogP contribution in [0.25, 0.3) is 0 Å². The molecule has 0 aliphatic rings. The number of methoxy groups -OCH3 is 1. The molecule has 0 radical (unpaired) electrons. The Hall–Kier alpha value is -1.78. The van der Waals surface area contributed by atoms with Gasteiger partial charge in [-0.3, -0.25) is 4.98 Å². The van der Waals surface area contributed by atoms with Gasteiger partial charge in [-0.15, -0.1) is 0 Å².